The Morgan fingerprint density at radius 1 is 0.913 bits per heavy atom. The maximum atomic E-state index is 12.0. The number of hydrogen-bond acceptors (Lipinski definition) is 7. The van der Waals surface area contributed by atoms with Crippen molar-refractivity contribution in [3.8, 4) is 0 Å². The number of carbonyl (C=O) groups excluding carboxylic acids is 2. The smallest absolute Gasteiger partial charge is 0.293 e. The Bertz CT molecular complexity index is 796. The predicted molar refractivity (Wildman–Crippen MR) is 88.3 cm³/mol. The summed E-state index contributed by atoms with van der Waals surface area (Å²) < 4.78 is 5.29. The summed E-state index contributed by atoms with van der Waals surface area (Å²) in [5.74, 6) is -0.830. The van der Waals surface area contributed by atoms with Crippen LogP contribution < -0.4 is 10.6 Å². The Labute approximate surface area is 139 Å². The highest BCUT2D eigenvalue weighted by atomic mass is 32.1. The molecule has 2 N–H and O–H groups in total. The van der Waals surface area contributed by atoms with E-state index >= 15 is 0 Å². The lowest BCUT2D eigenvalue weighted by molar-refractivity contribution is 0.0974. The van der Waals surface area contributed by atoms with Gasteiger partial charge in [-0.05, 0) is 26.0 Å². The Balaban J connectivity index is 1.67. The van der Waals surface area contributed by atoms with E-state index in [-0.39, 0.29) is 11.5 Å². The van der Waals surface area contributed by atoms with Crippen LogP contribution in [-0.2, 0) is 0 Å². The second kappa shape index (κ2) is 6.31. The van der Waals surface area contributed by atoms with Crippen molar-refractivity contribution in [2.24, 2.45) is 0 Å². The summed E-state index contributed by atoms with van der Waals surface area (Å²) in [4.78, 5) is 34.1. The molecular weight excluding hydrogens is 336 g/mol. The van der Waals surface area contributed by atoms with E-state index in [1.54, 1.807) is 12.4 Å². The molecule has 0 unspecified atom stereocenters. The molecule has 118 valence electrons. The average Bonchev–Trinajstić information content (AvgIpc) is 3.21. The second-order valence-corrected chi connectivity index (χ2v) is 7.09. The molecule has 2 amide bonds. The molecule has 3 aromatic rings. The molecule has 0 fully saturated rings. The first-order chi connectivity index (χ1) is 11.0. The number of nitrogens with zero attached hydrogens (tertiary/aromatic N) is 2. The zero-order chi connectivity index (χ0) is 16.4. The number of rotatable bonds is 4. The van der Waals surface area contributed by atoms with Crippen LogP contribution in [0.25, 0.3) is 0 Å². The molecular formula is C14H12N4O3S2. The largest absolute Gasteiger partial charge is 0.446 e. The van der Waals surface area contributed by atoms with Gasteiger partial charge in [-0.3, -0.25) is 20.2 Å². The molecule has 0 radical (unpaired) electrons. The Morgan fingerprint density at radius 3 is 1.70 bits per heavy atom. The molecule has 9 heteroatoms. The van der Waals surface area contributed by atoms with Crippen LogP contribution in [0.1, 0.15) is 30.9 Å². The number of anilines is 2. The highest BCUT2D eigenvalue weighted by Crippen LogP contribution is 2.20. The van der Waals surface area contributed by atoms with Gasteiger partial charge in [0.15, 0.2) is 21.8 Å². The van der Waals surface area contributed by atoms with Gasteiger partial charge in [-0.1, -0.05) is 0 Å². The van der Waals surface area contributed by atoms with Crippen molar-refractivity contribution >= 4 is 44.8 Å². The average molecular weight is 348 g/mol. The van der Waals surface area contributed by atoms with Gasteiger partial charge in [0.05, 0.1) is 0 Å². The van der Waals surface area contributed by atoms with E-state index in [0.717, 1.165) is 9.75 Å². The molecule has 0 bridgehead atoms. The van der Waals surface area contributed by atoms with Crippen LogP contribution in [-0.4, -0.2) is 21.8 Å². The third-order valence-corrected chi connectivity index (χ3v) is 4.39. The van der Waals surface area contributed by atoms with Gasteiger partial charge in [0.1, 0.15) is 0 Å². The van der Waals surface area contributed by atoms with Crippen molar-refractivity contribution in [2.45, 2.75) is 13.8 Å². The Morgan fingerprint density at radius 2 is 1.35 bits per heavy atom. The van der Waals surface area contributed by atoms with Crippen molar-refractivity contribution in [1.29, 1.82) is 0 Å². The summed E-state index contributed by atoms with van der Waals surface area (Å²) >= 11 is 2.71. The van der Waals surface area contributed by atoms with Gasteiger partial charge in [-0.15, -0.1) is 22.7 Å². The maximum Gasteiger partial charge on any atom is 0.293 e. The van der Waals surface area contributed by atoms with Crippen molar-refractivity contribution in [3.05, 3.63) is 45.8 Å². The Kier molecular flexibility index (Phi) is 4.22. The summed E-state index contributed by atoms with van der Waals surface area (Å²) in [6.07, 6.45) is 3.33. The molecule has 0 saturated carbocycles. The van der Waals surface area contributed by atoms with Gasteiger partial charge >= 0.3 is 0 Å². The first-order valence-corrected chi connectivity index (χ1v) is 8.22. The minimum Gasteiger partial charge on any atom is -0.446 e. The van der Waals surface area contributed by atoms with Gasteiger partial charge in [0.25, 0.3) is 11.8 Å². The normalized spacial score (nSPS) is 10.5. The second-order valence-electron chi connectivity index (χ2n) is 4.62. The van der Waals surface area contributed by atoms with Crippen LogP contribution >= 0.6 is 22.7 Å². The first kappa shape index (κ1) is 15.4. The molecule has 23 heavy (non-hydrogen) atoms. The zero-order valence-electron chi connectivity index (χ0n) is 12.2. The summed E-state index contributed by atoms with van der Waals surface area (Å²) in [5, 5.41) is 6.19. The van der Waals surface area contributed by atoms with Crippen LogP contribution in [0, 0.1) is 13.8 Å². The number of aryl methyl sites for hydroxylation is 2. The highest BCUT2D eigenvalue weighted by Gasteiger charge is 2.17. The quantitative estimate of drug-likeness (QED) is 0.754. The lowest BCUT2D eigenvalue weighted by atomic mass is 10.4. The number of thiazole rings is 2. The number of hydrogen-bond donors (Lipinski definition) is 2. The molecule has 0 aliphatic heterocycles. The number of amides is 2. The summed E-state index contributed by atoms with van der Waals surface area (Å²) in [5.41, 5.74) is 0. The fourth-order valence-corrected chi connectivity index (χ4v) is 3.04. The molecule has 3 heterocycles. The monoisotopic (exact) mass is 348 g/mol. The molecule has 0 aliphatic rings. The summed E-state index contributed by atoms with van der Waals surface area (Å²) in [6.45, 7) is 3.78. The molecule has 0 spiro atoms. The van der Waals surface area contributed by atoms with E-state index in [2.05, 4.69) is 20.6 Å². The topological polar surface area (TPSA) is 97.1 Å². The van der Waals surface area contributed by atoms with E-state index in [1.807, 2.05) is 13.8 Å². The number of aromatic nitrogens is 2. The van der Waals surface area contributed by atoms with Crippen molar-refractivity contribution in [1.82, 2.24) is 9.97 Å². The van der Waals surface area contributed by atoms with Gasteiger partial charge in [-0.2, -0.15) is 0 Å². The minimum absolute atomic E-state index is 0.0401. The minimum atomic E-state index is -0.455. The summed E-state index contributed by atoms with van der Waals surface area (Å²) in [7, 11) is 0. The van der Waals surface area contributed by atoms with Crippen LogP contribution in [0.2, 0.25) is 0 Å². The molecule has 3 rings (SSSR count). The van der Waals surface area contributed by atoms with Crippen LogP contribution in [0.3, 0.4) is 0 Å². The van der Waals surface area contributed by atoms with Crippen molar-refractivity contribution in [3.63, 3.8) is 0 Å². The number of furan rings is 1. The van der Waals surface area contributed by atoms with E-state index in [4.69, 9.17) is 4.42 Å². The van der Waals surface area contributed by atoms with Crippen LogP contribution in [0.15, 0.2) is 28.9 Å². The maximum absolute atomic E-state index is 12.0. The van der Waals surface area contributed by atoms with E-state index in [9.17, 15) is 9.59 Å². The number of carbonyl (C=O) groups is 2. The summed E-state index contributed by atoms with van der Waals surface area (Å²) in [6, 6.07) is 2.88. The molecule has 0 saturated heterocycles. The van der Waals surface area contributed by atoms with E-state index in [0.29, 0.717) is 10.3 Å². The van der Waals surface area contributed by atoms with E-state index in [1.165, 1.54) is 34.8 Å². The van der Waals surface area contributed by atoms with Gasteiger partial charge in [0, 0.05) is 22.1 Å². The lowest BCUT2D eigenvalue weighted by Crippen LogP contribution is -2.12. The lowest BCUT2D eigenvalue weighted by Gasteiger charge is -1.99. The predicted octanol–water partition coefficient (Wildman–Crippen LogP) is 3.31. The van der Waals surface area contributed by atoms with Crippen LogP contribution in [0.4, 0.5) is 10.3 Å². The molecule has 7 nitrogen and oxygen atoms in total. The van der Waals surface area contributed by atoms with Crippen LogP contribution in [0.5, 0.6) is 0 Å². The number of nitrogens with one attached hydrogen (secondary N) is 2. The third-order valence-electron chi connectivity index (χ3n) is 2.74. The standard InChI is InChI=1S/C14H12N4O3S2/c1-7-5-15-13(22-7)17-11(19)9-3-4-10(21-9)12(20)18-14-16-6-8(2)23-14/h3-6H,1-2H3,(H,15,17,19)(H,16,18,20). The van der Waals surface area contributed by atoms with Crippen molar-refractivity contribution < 1.29 is 14.0 Å². The van der Waals surface area contributed by atoms with Gasteiger partial charge < -0.3 is 4.42 Å². The van der Waals surface area contributed by atoms with E-state index < -0.39 is 11.8 Å². The van der Waals surface area contributed by atoms with Gasteiger partial charge in [-0.25, -0.2) is 9.97 Å². The fourth-order valence-electron chi connectivity index (χ4n) is 1.72. The fraction of sp³-hybridized carbons (Fsp3) is 0.143. The first-order valence-electron chi connectivity index (χ1n) is 6.58. The highest BCUT2D eigenvalue weighted by molar-refractivity contribution is 7.16. The molecule has 0 aliphatic carbocycles. The molecule has 3 aromatic heterocycles. The SMILES string of the molecule is Cc1cnc(NC(=O)c2ccc(C(=O)Nc3ncc(C)s3)o2)s1. The Hall–Kier alpha value is -2.52. The zero-order valence-corrected chi connectivity index (χ0v) is 13.9. The third kappa shape index (κ3) is 3.63. The molecule has 0 atom stereocenters. The molecule has 0 aromatic carbocycles. The van der Waals surface area contributed by atoms with Gasteiger partial charge in [0.2, 0.25) is 0 Å². The van der Waals surface area contributed by atoms with Crippen molar-refractivity contribution in [2.75, 3.05) is 10.6 Å².